The number of amides is 2. The minimum Gasteiger partial charge on any atom is -0.480 e. The van der Waals surface area contributed by atoms with E-state index in [0.29, 0.717) is 6.54 Å². The topological polar surface area (TPSA) is 99.1 Å². The van der Waals surface area contributed by atoms with E-state index in [1.165, 1.54) is 4.90 Å². The predicted molar refractivity (Wildman–Crippen MR) is 65.7 cm³/mol. The van der Waals surface area contributed by atoms with E-state index in [2.05, 4.69) is 5.32 Å². The highest BCUT2D eigenvalue weighted by molar-refractivity contribution is 5.83. The van der Waals surface area contributed by atoms with E-state index in [4.69, 9.17) is 9.84 Å². The van der Waals surface area contributed by atoms with Crippen LogP contribution in [-0.4, -0.2) is 65.1 Å². The Bertz CT molecular complexity index is 343. The summed E-state index contributed by atoms with van der Waals surface area (Å²) in [4.78, 5) is 24.1. The van der Waals surface area contributed by atoms with Crippen molar-refractivity contribution in [1.82, 2.24) is 10.2 Å². The fourth-order valence-electron chi connectivity index (χ4n) is 2.59. The molecule has 0 spiro atoms. The van der Waals surface area contributed by atoms with E-state index in [1.807, 2.05) is 0 Å². The van der Waals surface area contributed by atoms with Crippen LogP contribution in [0, 0.1) is 0 Å². The maximum atomic E-state index is 11.9. The number of carboxylic acids is 1. The summed E-state index contributed by atoms with van der Waals surface area (Å²) in [6.45, 7) is 1.31. The number of hydrogen-bond donors (Lipinski definition) is 3. The molecule has 2 heterocycles. The van der Waals surface area contributed by atoms with E-state index >= 15 is 0 Å². The van der Waals surface area contributed by atoms with Gasteiger partial charge in [0, 0.05) is 26.1 Å². The van der Waals surface area contributed by atoms with Crippen LogP contribution in [0.1, 0.15) is 25.7 Å². The highest BCUT2D eigenvalue weighted by Gasteiger charge is 2.38. The molecule has 2 fully saturated rings. The number of carboxylic acid groups (broad SMARTS) is 1. The Morgan fingerprint density at radius 2 is 2.21 bits per heavy atom. The lowest BCUT2D eigenvalue weighted by molar-refractivity contribution is -0.141. The van der Waals surface area contributed by atoms with E-state index in [9.17, 15) is 14.7 Å². The summed E-state index contributed by atoms with van der Waals surface area (Å²) >= 11 is 0. The van der Waals surface area contributed by atoms with Crippen LogP contribution < -0.4 is 5.32 Å². The van der Waals surface area contributed by atoms with Crippen molar-refractivity contribution in [3.8, 4) is 0 Å². The van der Waals surface area contributed by atoms with Gasteiger partial charge in [-0.25, -0.2) is 9.59 Å². The number of β-amino-alcohol motifs (C(OH)–C–C–N with tert-alkyl or cyclic N) is 1. The Morgan fingerprint density at radius 3 is 2.84 bits per heavy atom. The summed E-state index contributed by atoms with van der Waals surface area (Å²) < 4.78 is 5.44. The molecule has 19 heavy (non-hydrogen) atoms. The molecule has 3 atom stereocenters. The van der Waals surface area contributed by atoms with Crippen molar-refractivity contribution in [3.63, 3.8) is 0 Å². The van der Waals surface area contributed by atoms with E-state index in [1.54, 1.807) is 0 Å². The quantitative estimate of drug-likeness (QED) is 0.657. The van der Waals surface area contributed by atoms with Crippen molar-refractivity contribution in [1.29, 1.82) is 0 Å². The van der Waals surface area contributed by atoms with Gasteiger partial charge in [-0.2, -0.15) is 0 Å². The van der Waals surface area contributed by atoms with Gasteiger partial charge in [0.25, 0.3) is 0 Å². The fourth-order valence-corrected chi connectivity index (χ4v) is 2.59. The van der Waals surface area contributed by atoms with Gasteiger partial charge in [0.15, 0.2) is 0 Å². The number of hydrogen-bond acceptors (Lipinski definition) is 4. The third kappa shape index (κ3) is 3.57. The molecule has 3 N–H and O–H groups in total. The smallest absolute Gasteiger partial charge is 0.326 e. The molecule has 108 valence electrons. The number of aliphatic hydroxyl groups is 1. The number of rotatable bonds is 4. The zero-order valence-electron chi connectivity index (χ0n) is 10.7. The Kier molecular flexibility index (Phi) is 4.60. The Labute approximate surface area is 111 Å². The van der Waals surface area contributed by atoms with Crippen molar-refractivity contribution in [3.05, 3.63) is 0 Å². The minimum atomic E-state index is -1.08. The number of aliphatic carboxylic acids is 1. The molecule has 0 bridgehead atoms. The summed E-state index contributed by atoms with van der Waals surface area (Å²) in [5.41, 5.74) is 0. The van der Waals surface area contributed by atoms with Crippen molar-refractivity contribution in [2.75, 3.05) is 19.7 Å². The van der Waals surface area contributed by atoms with Crippen molar-refractivity contribution >= 4 is 12.0 Å². The lowest BCUT2D eigenvalue weighted by Gasteiger charge is -2.22. The number of urea groups is 1. The van der Waals surface area contributed by atoms with Crippen LogP contribution in [0.5, 0.6) is 0 Å². The third-order valence-electron chi connectivity index (χ3n) is 3.59. The molecule has 0 aromatic heterocycles. The first-order valence-corrected chi connectivity index (χ1v) is 6.65. The second kappa shape index (κ2) is 6.21. The van der Waals surface area contributed by atoms with E-state index in [0.717, 1.165) is 25.9 Å². The zero-order valence-corrected chi connectivity index (χ0v) is 10.7. The number of carbonyl (C=O) groups excluding carboxylic acids is 1. The molecule has 2 amide bonds. The maximum Gasteiger partial charge on any atom is 0.326 e. The average Bonchev–Trinajstić information content (AvgIpc) is 2.98. The molecule has 7 nitrogen and oxygen atoms in total. The van der Waals surface area contributed by atoms with Gasteiger partial charge in [-0.3, -0.25) is 0 Å². The SMILES string of the molecule is O=C(O)[C@@H]1CC(O)CN1C(=O)NCCC1CCCO1. The highest BCUT2D eigenvalue weighted by atomic mass is 16.5. The number of ether oxygens (including phenoxy) is 1. The lowest BCUT2D eigenvalue weighted by atomic mass is 10.2. The molecule has 2 aliphatic rings. The van der Waals surface area contributed by atoms with Crippen molar-refractivity contribution in [2.24, 2.45) is 0 Å². The van der Waals surface area contributed by atoms with E-state index < -0.39 is 24.1 Å². The number of aliphatic hydroxyl groups excluding tert-OH is 1. The minimum absolute atomic E-state index is 0.0722. The maximum absolute atomic E-state index is 11.9. The van der Waals surface area contributed by atoms with Gasteiger partial charge in [0.1, 0.15) is 6.04 Å². The average molecular weight is 272 g/mol. The molecule has 2 aliphatic heterocycles. The first kappa shape index (κ1) is 14.1. The molecule has 2 unspecified atom stereocenters. The van der Waals surface area contributed by atoms with Crippen LogP contribution in [0.25, 0.3) is 0 Å². The summed E-state index contributed by atoms with van der Waals surface area (Å²) in [5.74, 6) is -1.08. The Hall–Kier alpha value is -1.34. The van der Waals surface area contributed by atoms with Crippen LogP contribution in [0.15, 0.2) is 0 Å². The first-order valence-electron chi connectivity index (χ1n) is 6.65. The third-order valence-corrected chi connectivity index (χ3v) is 3.59. The number of nitrogens with one attached hydrogen (secondary N) is 1. The summed E-state index contributed by atoms with van der Waals surface area (Å²) in [6, 6.07) is -1.36. The Balaban J connectivity index is 1.76. The van der Waals surface area contributed by atoms with Gasteiger partial charge in [-0.1, -0.05) is 0 Å². The number of nitrogens with zero attached hydrogens (tertiary/aromatic N) is 1. The molecule has 2 saturated heterocycles. The number of likely N-dealkylation sites (tertiary alicyclic amines) is 1. The van der Waals surface area contributed by atoms with Gasteiger partial charge >= 0.3 is 12.0 Å². The van der Waals surface area contributed by atoms with Crippen LogP contribution in [-0.2, 0) is 9.53 Å². The lowest BCUT2D eigenvalue weighted by Crippen LogP contribution is -2.46. The zero-order chi connectivity index (χ0) is 13.8. The molecule has 0 aliphatic carbocycles. The van der Waals surface area contributed by atoms with Gasteiger partial charge in [0.05, 0.1) is 12.2 Å². The van der Waals surface area contributed by atoms with Gasteiger partial charge in [-0.15, -0.1) is 0 Å². The van der Waals surface area contributed by atoms with Crippen molar-refractivity contribution < 1.29 is 24.5 Å². The van der Waals surface area contributed by atoms with Crippen molar-refractivity contribution in [2.45, 2.75) is 43.9 Å². The molecule has 0 aromatic rings. The van der Waals surface area contributed by atoms with Gasteiger partial charge < -0.3 is 25.2 Å². The van der Waals surface area contributed by atoms with Crippen LogP contribution >= 0.6 is 0 Å². The molecule has 7 heteroatoms. The molecular weight excluding hydrogens is 252 g/mol. The molecule has 0 radical (unpaired) electrons. The summed E-state index contributed by atoms with van der Waals surface area (Å²) in [5, 5.41) is 21.1. The molecule has 0 aromatic carbocycles. The van der Waals surface area contributed by atoms with Crippen LogP contribution in [0.3, 0.4) is 0 Å². The predicted octanol–water partition coefficient (Wildman–Crippen LogP) is -0.215. The normalized spacial score (nSPS) is 30.6. The molecule has 0 saturated carbocycles. The first-order chi connectivity index (χ1) is 9.08. The van der Waals surface area contributed by atoms with Gasteiger partial charge in [-0.05, 0) is 19.3 Å². The monoisotopic (exact) mass is 272 g/mol. The standard InChI is InChI=1S/C12H20N2O5/c15-8-6-10(11(16)17)14(7-8)12(18)13-4-3-9-2-1-5-19-9/h8-10,15H,1-7H2,(H,13,18)(H,16,17)/t8?,9?,10-/m0/s1. The summed E-state index contributed by atoms with van der Waals surface area (Å²) in [6.07, 6.45) is 2.33. The second-order valence-corrected chi connectivity index (χ2v) is 5.05. The highest BCUT2D eigenvalue weighted by Crippen LogP contribution is 2.18. The molecular formula is C12H20N2O5. The van der Waals surface area contributed by atoms with E-state index in [-0.39, 0.29) is 19.1 Å². The van der Waals surface area contributed by atoms with Crippen LogP contribution in [0.4, 0.5) is 4.79 Å². The Morgan fingerprint density at radius 1 is 1.42 bits per heavy atom. The second-order valence-electron chi connectivity index (χ2n) is 5.05. The van der Waals surface area contributed by atoms with Crippen LogP contribution in [0.2, 0.25) is 0 Å². The van der Waals surface area contributed by atoms with Gasteiger partial charge in [0.2, 0.25) is 0 Å². The summed E-state index contributed by atoms with van der Waals surface area (Å²) in [7, 11) is 0. The molecule has 2 rings (SSSR count). The largest absolute Gasteiger partial charge is 0.480 e. The fraction of sp³-hybridized carbons (Fsp3) is 0.833. The number of carbonyl (C=O) groups is 2.